The molecule has 0 saturated carbocycles. The fourth-order valence-corrected chi connectivity index (χ4v) is 1.85. The number of thiophene rings is 1. The predicted octanol–water partition coefficient (Wildman–Crippen LogP) is 3.48. The third-order valence-electron chi connectivity index (χ3n) is 1.84. The number of ether oxygens (including phenoxy) is 1. The Morgan fingerprint density at radius 2 is 2.47 bits per heavy atom. The fourth-order valence-electron chi connectivity index (χ4n) is 1.08. The first kappa shape index (κ1) is 11.7. The van der Waals surface area contributed by atoms with Gasteiger partial charge in [-0.1, -0.05) is 18.7 Å². The molecular weight excluding hydrogens is 208 g/mol. The molecule has 3 heteroatoms. The van der Waals surface area contributed by atoms with Gasteiger partial charge in [0.2, 0.25) is 0 Å². The molecular formula is C12H14O2S. The molecule has 1 heterocycles. The highest BCUT2D eigenvalue weighted by Gasteiger charge is 2.16. The molecule has 0 aromatic carbocycles. The first-order chi connectivity index (χ1) is 7.15. The molecule has 0 aliphatic heterocycles. The van der Waals surface area contributed by atoms with E-state index in [0.29, 0.717) is 12.0 Å². The summed E-state index contributed by atoms with van der Waals surface area (Å²) in [5, 5.41) is 1.96. The Hall–Kier alpha value is -1.35. The first-order valence-electron chi connectivity index (χ1n) is 4.66. The Labute approximate surface area is 93.9 Å². The zero-order valence-corrected chi connectivity index (χ0v) is 9.55. The van der Waals surface area contributed by atoms with Crippen molar-refractivity contribution >= 4 is 17.3 Å². The third kappa shape index (κ3) is 3.36. The Kier molecular flexibility index (Phi) is 4.31. The van der Waals surface area contributed by atoms with Gasteiger partial charge >= 0.3 is 5.97 Å². The molecule has 2 nitrogen and oxygen atoms in total. The Morgan fingerprint density at radius 3 is 2.93 bits per heavy atom. The second kappa shape index (κ2) is 5.51. The summed E-state index contributed by atoms with van der Waals surface area (Å²) in [6.07, 6.45) is 2.14. The average Bonchev–Trinajstić information content (AvgIpc) is 2.69. The molecule has 0 fully saturated rings. The maximum atomic E-state index is 11.4. The van der Waals surface area contributed by atoms with Crippen molar-refractivity contribution in [1.29, 1.82) is 0 Å². The standard InChI is InChI=1S/C12H14O2S/c1-4-6-10(11-7-5-8-15-11)14-12(13)9(2)3/h4-5,7-8,10H,1-2,6H2,3H3/t10-/m1/s1. The van der Waals surface area contributed by atoms with Gasteiger partial charge in [-0.05, 0) is 18.4 Å². The van der Waals surface area contributed by atoms with Crippen LogP contribution in [-0.2, 0) is 9.53 Å². The second-order valence-corrected chi connectivity index (χ2v) is 4.19. The Balaban J connectivity index is 2.71. The molecule has 0 aliphatic rings. The van der Waals surface area contributed by atoms with Crippen LogP contribution < -0.4 is 0 Å². The molecule has 0 aliphatic carbocycles. The van der Waals surface area contributed by atoms with E-state index >= 15 is 0 Å². The van der Waals surface area contributed by atoms with Gasteiger partial charge < -0.3 is 4.74 Å². The van der Waals surface area contributed by atoms with E-state index in [-0.39, 0.29) is 12.1 Å². The van der Waals surface area contributed by atoms with Crippen molar-refractivity contribution in [2.24, 2.45) is 0 Å². The van der Waals surface area contributed by atoms with Crippen LogP contribution in [0.2, 0.25) is 0 Å². The molecule has 80 valence electrons. The number of hydrogen-bond donors (Lipinski definition) is 0. The summed E-state index contributed by atoms with van der Waals surface area (Å²) in [6.45, 7) is 8.85. The van der Waals surface area contributed by atoms with Crippen LogP contribution in [-0.4, -0.2) is 5.97 Å². The van der Waals surface area contributed by atoms with Gasteiger partial charge in [-0.15, -0.1) is 17.9 Å². The van der Waals surface area contributed by atoms with Crippen LogP contribution in [0.15, 0.2) is 42.3 Å². The van der Waals surface area contributed by atoms with Crippen molar-refractivity contribution in [2.75, 3.05) is 0 Å². The van der Waals surface area contributed by atoms with Crippen molar-refractivity contribution in [3.8, 4) is 0 Å². The molecule has 1 aromatic rings. The smallest absolute Gasteiger partial charge is 0.333 e. The SMILES string of the molecule is C=CC[C@@H](OC(=O)C(=C)C)c1cccs1. The van der Waals surface area contributed by atoms with Gasteiger partial charge in [0.25, 0.3) is 0 Å². The largest absolute Gasteiger partial charge is 0.453 e. The van der Waals surface area contributed by atoms with Gasteiger partial charge in [-0.25, -0.2) is 4.79 Å². The normalized spacial score (nSPS) is 11.8. The second-order valence-electron chi connectivity index (χ2n) is 3.21. The highest BCUT2D eigenvalue weighted by Crippen LogP contribution is 2.26. The maximum absolute atomic E-state index is 11.4. The minimum absolute atomic E-state index is 0.230. The quantitative estimate of drug-likeness (QED) is 0.433. The summed E-state index contributed by atoms with van der Waals surface area (Å²) in [6, 6.07) is 3.88. The molecule has 0 radical (unpaired) electrons. The number of esters is 1. The van der Waals surface area contributed by atoms with E-state index in [2.05, 4.69) is 13.2 Å². The van der Waals surface area contributed by atoms with Gasteiger partial charge in [0.15, 0.2) is 0 Å². The predicted molar refractivity (Wildman–Crippen MR) is 62.8 cm³/mol. The summed E-state index contributed by atoms with van der Waals surface area (Å²) in [5.74, 6) is -0.352. The number of hydrogen-bond acceptors (Lipinski definition) is 3. The van der Waals surface area contributed by atoms with Crippen LogP contribution in [0.4, 0.5) is 0 Å². The van der Waals surface area contributed by atoms with Crippen LogP contribution in [0.5, 0.6) is 0 Å². The van der Waals surface area contributed by atoms with Gasteiger partial charge in [0.05, 0.1) is 0 Å². The van der Waals surface area contributed by atoms with Crippen LogP contribution >= 0.6 is 11.3 Å². The summed E-state index contributed by atoms with van der Waals surface area (Å²) >= 11 is 1.57. The Bertz CT molecular complexity index is 352. The van der Waals surface area contributed by atoms with Gasteiger partial charge in [-0.3, -0.25) is 0 Å². The van der Waals surface area contributed by atoms with E-state index < -0.39 is 0 Å². The van der Waals surface area contributed by atoms with Crippen LogP contribution in [0.1, 0.15) is 24.3 Å². The average molecular weight is 222 g/mol. The minimum atomic E-state index is -0.352. The van der Waals surface area contributed by atoms with E-state index in [1.54, 1.807) is 24.3 Å². The van der Waals surface area contributed by atoms with E-state index in [1.165, 1.54) is 0 Å². The highest BCUT2D eigenvalue weighted by atomic mass is 32.1. The summed E-state index contributed by atoms with van der Waals surface area (Å²) in [4.78, 5) is 12.4. The van der Waals surface area contributed by atoms with Gasteiger partial charge in [0.1, 0.15) is 6.10 Å². The topological polar surface area (TPSA) is 26.3 Å². The fraction of sp³-hybridized carbons (Fsp3) is 0.250. The number of rotatable bonds is 5. The summed E-state index contributed by atoms with van der Waals surface area (Å²) in [7, 11) is 0. The highest BCUT2D eigenvalue weighted by molar-refractivity contribution is 7.10. The summed E-state index contributed by atoms with van der Waals surface area (Å²) in [5.41, 5.74) is 0.417. The molecule has 0 N–H and O–H groups in total. The van der Waals surface area contributed by atoms with Crippen LogP contribution in [0, 0.1) is 0 Å². The van der Waals surface area contributed by atoms with Crippen molar-refractivity contribution in [2.45, 2.75) is 19.4 Å². The van der Waals surface area contributed by atoms with Gasteiger partial charge in [0, 0.05) is 16.9 Å². The van der Waals surface area contributed by atoms with Gasteiger partial charge in [-0.2, -0.15) is 0 Å². The Morgan fingerprint density at radius 1 is 1.73 bits per heavy atom. The minimum Gasteiger partial charge on any atom is -0.453 e. The zero-order chi connectivity index (χ0) is 11.3. The lowest BCUT2D eigenvalue weighted by Gasteiger charge is -2.14. The van der Waals surface area contributed by atoms with Crippen molar-refractivity contribution in [3.63, 3.8) is 0 Å². The number of carbonyl (C=O) groups is 1. The van der Waals surface area contributed by atoms with E-state index in [9.17, 15) is 4.79 Å². The monoisotopic (exact) mass is 222 g/mol. The lowest BCUT2D eigenvalue weighted by Crippen LogP contribution is -2.10. The van der Waals surface area contributed by atoms with E-state index in [4.69, 9.17) is 4.74 Å². The molecule has 15 heavy (non-hydrogen) atoms. The molecule has 1 rings (SSSR count). The molecule has 0 unspecified atom stereocenters. The van der Waals surface area contributed by atoms with E-state index in [1.807, 2.05) is 17.5 Å². The van der Waals surface area contributed by atoms with Crippen molar-refractivity contribution < 1.29 is 9.53 Å². The third-order valence-corrected chi connectivity index (χ3v) is 2.80. The van der Waals surface area contributed by atoms with Crippen molar-refractivity contribution in [1.82, 2.24) is 0 Å². The zero-order valence-electron chi connectivity index (χ0n) is 8.73. The van der Waals surface area contributed by atoms with Crippen molar-refractivity contribution in [3.05, 3.63) is 47.2 Å². The summed E-state index contributed by atoms with van der Waals surface area (Å²) < 4.78 is 5.30. The number of carbonyl (C=O) groups excluding carboxylic acids is 1. The maximum Gasteiger partial charge on any atom is 0.333 e. The molecule has 0 bridgehead atoms. The van der Waals surface area contributed by atoms with Crippen LogP contribution in [0.25, 0.3) is 0 Å². The first-order valence-corrected chi connectivity index (χ1v) is 5.54. The molecule has 1 aromatic heterocycles. The molecule has 1 atom stereocenters. The lowest BCUT2D eigenvalue weighted by atomic mass is 10.2. The molecule has 0 spiro atoms. The molecule has 0 saturated heterocycles. The lowest BCUT2D eigenvalue weighted by molar-refractivity contribution is -0.144. The molecule has 0 amide bonds. The van der Waals surface area contributed by atoms with E-state index in [0.717, 1.165) is 4.88 Å². The van der Waals surface area contributed by atoms with Crippen LogP contribution in [0.3, 0.4) is 0 Å².